The predicted molar refractivity (Wildman–Crippen MR) is 102 cm³/mol. The first-order chi connectivity index (χ1) is 12.2. The van der Waals surface area contributed by atoms with E-state index < -0.39 is 0 Å². The van der Waals surface area contributed by atoms with Crippen LogP contribution in [0.1, 0.15) is 13.8 Å². The number of nitrogens with one attached hydrogen (secondary N) is 1. The summed E-state index contributed by atoms with van der Waals surface area (Å²) in [6, 6.07) is 13.3. The lowest BCUT2D eigenvalue weighted by molar-refractivity contribution is 0.355. The molecule has 0 atom stereocenters. The van der Waals surface area contributed by atoms with E-state index in [0.717, 1.165) is 22.3 Å². The van der Waals surface area contributed by atoms with Crippen LogP contribution < -0.4 is 19.5 Å². The molecule has 2 aromatic carbocycles. The van der Waals surface area contributed by atoms with Crippen molar-refractivity contribution in [3.8, 4) is 23.0 Å². The molecule has 0 bridgehead atoms. The van der Waals surface area contributed by atoms with Gasteiger partial charge in [-0.25, -0.2) is 0 Å². The van der Waals surface area contributed by atoms with Gasteiger partial charge in [0.25, 0.3) is 0 Å². The molecule has 0 aliphatic rings. The summed E-state index contributed by atoms with van der Waals surface area (Å²) in [5.74, 6) is 2.74. The summed E-state index contributed by atoms with van der Waals surface area (Å²) >= 11 is 0. The number of pyridine rings is 1. The van der Waals surface area contributed by atoms with E-state index in [1.165, 1.54) is 0 Å². The molecule has 25 heavy (non-hydrogen) atoms. The zero-order valence-corrected chi connectivity index (χ0v) is 15.3. The van der Waals surface area contributed by atoms with Crippen LogP contribution in [0, 0.1) is 0 Å². The molecule has 0 aliphatic carbocycles. The van der Waals surface area contributed by atoms with Crippen molar-refractivity contribution in [2.24, 2.45) is 0 Å². The van der Waals surface area contributed by atoms with Gasteiger partial charge in [-0.2, -0.15) is 0 Å². The molecule has 5 heteroatoms. The molecule has 0 fully saturated rings. The average Bonchev–Trinajstić information content (AvgIpc) is 2.68. The highest BCUT2D eigenvalue weighted by Crippen LogP contribution is 2.37. The lowest BCUT2D eigenvalue weighted by atomic mass is 10.2. The number of benzene rings is 2. The molecule has 0 radical (unpaired) electrons. The molecule has 0 unspecified atom stereocenters. The van der Waals surface area contributed by atoms with Gasteiger partial charge in [-0.05, 0) is 24.3 Å². The van der Waals surface area contributed by atoms with E-state index in [9.17, 15) is 0 Å². The van der Waals surface area contributed by atoms with Gasteiger partial charge >= 0.3 is 0 Å². The van der Waals surface area contributed by atoms with Crippen LogP contribution in [-0.4, -0.2) is 26.3 Å². The molecule has 0 spiro atoms. The fourth-order valence-corrected chi connectivity index (χ4v) is 2.38. The van der Waals surface area contributed by atoms with Gasteiger partial charge in [0, 0.05) is 36.5 Å². The van der Waals surface area contributed by atoms with Gasteiger partial charge in [0.15, 0.2) is 11.5 Å². The molecule has 5 nitrogen and oxygen atoms in total. The molecule has 0 saturated carbocycles. The van der Waals surface area contributed by atoms with Crippen molar-refractivity contribution in [1.82, 2.24) is 4.98 Å². The number of aromatic nitrogens is 1. The number of methoxy groups -OCH3 is 2. The normalized spacial score (nSPS) is 9.80. The first kappa shape index (κ1) is 18.4. The van der Waals surface area contributed by atoms with Gasteiger partial charge in [-0.3, -0.25) is 4.98 Å². The monoisotopic (exact) mass is 340 g/mol. The SMILES string of the molecule is CC.CNc1cccc(Oc2ccnc3cc(OC)c(OC)cc23)c1. The maximum Gasteiger partial charge on any atom is 0.162 e. The van der Waals surface area contributed by atoms with Crippen LogP contribution in [-0.2, 0) is 0 Å². The van der Waals surface area contributed by atoms with Crippen LogP contribution in [0.15, 0.2) is 48.7 Å². The minimum atomic E-state index is 0.641. The molecule has 3 aromatic rings. The number of ether oxygens (including phenoxy) is 3. The number of nitrogens with zero attached hydrogens (tertiary/aromatic N) is 1. The van der Waals surface area contributed by atoms with Crippen molar-refractivity contribution in [1.29, 1.82) is 0 Å². The molecule has 132 valence electrons. The minimum absolute atomic E-state index is 0.641. The molecular weight excluding hydrogens is 316 g/mol. The smallest absolute Gasteiger partial charge is 0.162 e. The third kappa shape index (κ3) is 4.12. The Hall–Kier alpha value is -2.95. The summed E-state index contributed by atoms with van der Waals surface area (Å²) in [6.45, 7) is 4.00. The van der Waals surface area contributed by atoms with Crippen molar-refractivity contribution < 1.29 is 14.2 Å². The second-order valence-corrected chi connectivity index (χ2v) is 4.91. The average molecular weight is 340 g/mol. The molecule has 1 aromatic heterocycles. The second kappa shape index (κ2) is 8.78. The molecule has 3 rings (SSSR count). The first-order valence-corrected chi connectivity index (χ1v) is 8.21. The van der Waals surface area contributed by atoms with E-state index in [-0.39, 0.29) is 0 Å². The van der Waals surface area contributed by atoms with Crippen LogP contribution in [0.4, 0.5) is 5.69 Å². The number of anilines is 1. The van der Waals surface area contributed by atoms with Crippen molar-refractivity contribution in [3.05, 3.63) is 48.7 Å². The first-order valence-electron chi connectivity index (χ1n) is 8.21. The van der Waals surface area contributed by atoms with Crippen LogP contribution in [0.2, 0.25) is 0 Å². The highest BCUT2D eigenvalue weighted by molar-refractivity contribution is 5.88. The standard InChI is InChI=1S/C18H18N2O3.C2H6/c1-19-12-5-4-6-13(9-12)23-16-7-8-20-15-11-18(22-3)17(21-2)10-14(15)16;1-2/h4-11,19H,1-3H3;1-2H3. The van der Waals surface area contributed by atoms with Crippen LogP contribution in [0.5, 0.6) is 23.0 Å². The Labute approximate surface area is 148 Å². The maximum absolute atomic E-state index is 6.03. The molecular formula is C20H24N2O3. The zero-order valence-electron chi connectivity index (χ0n) is 15.3. The van der Waals surface area contributed by atoms with Gasteiger partial charge in [-0.15, -0.1) is 0 Å². The molecule has 1 heterocycles. The summed E-state index contributed by atoms with van der Waals surface area (Å²) in [4.78, 5) is 4.37. The van der Waals surface area contributed by atoms with Crippen LogP contribution >= 0.6 is 0 Å². The number of fused-ring (bicyclic) bond motifs is 1. The third-order valence-corrected chi connectivity index (χ3v) is 3.56. The fraction of sp³-hybridized carbons (Fsp3) is 0.250. The fourth-order valence-electron chi connectivity index (χ4n) is 2.38. The van der Waals surface area contributed by atoms with E-state index in [2.05, 4.69) is 10.3 Å². The second-order valence-electron chi connectivity index (χ2n) is 4.91. The maximum atomic E-state index is 6.03. The summed E-state index contributed by atoms with van der Waals surface area (Å²) in [5, 5.41) is 3.96. The zero-order chi connectivity index (χ0) is 18.2. The molecule has 0 aliphatic heterocycles. The van der Waals surface area contributed by atoms with Crippen molar-refractivity contribution in [2.45, 2.75) is 13.8 Å². The highest BCUT2D eigenvalue weighted by atomic mass is 16.5. The predicted octanol–water partition coefficient (Wildman–Crippen LogP) is 5.11. The van der Waals surface area contributed by atoms with Crippen LogP contribution in [0.3, 0.4) is 0 Å². The van der Waals surface area contributed by atoms with E-state index in [4.69, 9.17) is 14.2 Å². The third-order valence-electron chi connectivity index (χ3n) is 3.56. The Kier molecular flexibility index (Phi) is 6.46. The van der Waals surface area contributed by atoms with Gasteiger partial charge in [0.1, 0.15) is 11.5 Å². The number of hydrogen-bond acceptors (Lipinski definition) is 5. The topological polar surface area (TPSA) is 52.6 Å². The Bertz CT molecular complexity index is 834. The van der Waals surface area contributed by atoms with Gasteiger partial charge in [0.2, 0.25) is 0 Å². The molecule has 0 amide bonds. The summed E-state index contributed by atoms with van der Waals surface area (Å²) in [6.07, 6.45) is 1.71. The lowest BCUT2D eigenvalue weighted by Crippen LogP contribution is -1.94. The Balaban J connectivity index is 0.00000109. The van der Waals surface area contributed by atoms with E-state index >= 15 is 0 Å². The lowest BCUT2D eigenvalue weighted by Gasteiger charge is -2.12. The molecule has 1 N–H and O–H groups in total. The van der Waals surface area contributed by atoms with Crippen molar-refractivity contribution in [2.75, 3.05) is 26.6 Å². The molecule has 0 saturated heterocycles. The number of rotatable bonds is 5. The minimum Gasteiger partial charge on any atom is -0.493 e. The van der Waals surface area contributed by atoms with Gasteiger partial charge in [0.05, 0.1) is 19.7 Å². The van der Waals surface area contributed by atoms with Crippen molar-refractivity contribution >= 4 is 16.6 Å². The van der Waals surface area contributed by atoms with E-state index in [0.29, 0.717) is 17.2 Å². The summed E-state index contributed by atoms with van der Waals surface area (Å²) in [7, 11) is 5.09. The van der Waals surface area contributed by atoms with Crippen molar-refractivity contribution in [3.63, 3.8) is 0 Å². The van der Waals surface area contributed by atoms with Gasteiger partial charge < -0.3 is 19.5 Å². The summed E-state index contributed by atoms with van der Waals surface area (Å²) in [5.41, 5.74) is 1.77. The number of hydrogen-bond donors (Lipinski definition) is 1. The highest BCUT2D eigenvalue weighted by Gasteiger charge is 2.11. The Morgan fingerprint density at radius 1 is 0.880 bits per heavy atom. The summed E-state index contributed by atoms with van der Waals surface area (Å²) < 4.78 is 16.7. The van der Waals surface area contributed by atoms with E-state index in [1.54, 1.807) is 20.4 Å². The van der Waals surface area contributed by atoms with Crippen LogP contribution in [0.25, 0.3) is 10.9 Å². The van der Waals surface area contributed by atoms with E-state index in [1.807, 2.05) is 63.4 Å². The Morgan fingerprint density at radius 2 is 1.60 bits per heavy atom. The largest absolute Gasteiger partial charge is 0.493 e. The van der Waals surface area contributed by atoms with Gasteiger partial charge in [-0.1, -0.05) is 19.9 Å². The Morgan fingerprint density at radius 3 is 2.28 bits per heavy atom. The quantitative estimate of drug-likeness (QED) is 0.699.